The second kappa shape index (κ2) is 26.0. The molecule has 0 saturated heterocycles. The number of nitrogens with zero attached hydrogens (tertiary/aromatic N) is 4. The number of aryl methyl sites for hydroxylation is 1. The number of rotatable bonds is 30. The Kier molecular flexibility index (Phi) is 22.2. The van der Waals surface area contributed by atoms with Crippen LogP contribution in [0.1, 0.15) is 199 Å². The number of aliphatic hydroxyl groups excluding tert-OH is 1. The van der Waals surface area contributed by atoms with E-state index in [4.69, 9.17) is 9.98 Å². The van der Waals surface area contributed by atoms with Crippen LogP contribution in [0.2, 0.25) is 0 Å². The summed E-state index contributed by atoms with van der Waals surface area (Å²) in [5.74, 6) is 0.0595. The van der Waals surface area contributed by atoms with Gasteiger partial charge in [0.05, 0.1) is 39.7 Å². The van der Waals surface area contributed by atoms with Crippen molar-refractivity contribution in [3.8, 4) is 0 Å². The molecule has 294 valence electrons. The Morgan fingerprint density at radius 2 is 1.06 bits per heavy atom. The number of anilines is 1. The molecule has 8 heteroatoms. The number of hydrogen-bond donors (Lipinski definition) is 1. The molecule has 0 amide bonds. The zero-order valence-electron chi connectivity index (χ0n) is 34.3. The van der Waals surface area contributed by atoms with Crippen molar-refractivity contribution >= 4 is 50.5 Å². The Bertz CT molecular complexity index is 1310. The summed E-state index contributed by atoms with van der Waals surface area (Å²) in [6.07, 6.45) is 30.5. The van der Waals surface area contributed by atoms with Gasteiger partial charge in [-0.3, -0.25) is 9.37 Å². The van der Waals surface area contributed by atoms with Gasteiger partial charge in [0.15, 0.2) is 10.8 Å². The van der Waals surface area contributed by atoms with Crippen LogP contribution < -0.4 is 4.90 Å². The predicted molar refractivity (Wildman–Crippen MR) is 230 cm³/mol. The van der Waals surface area contributed by atoms with Crippen LogP contribution in [0.25, 0.3) is 5.57 Å². The first kappa shape index (κ1) is 44.5. The first-order valence-electron chi connectivity index (χ1n) is 21.7. The summed E-state index contributed by atoms with van der Waals surface area (Å²) < 4.78 is 2.45. The molecule has 1 aromatic heterocycles. The van der Waals surface area contributed by atoms with Gasteiger partial charge in [-0.25, -0.2) is 4.98 Å². The van der Waals surface area contributed by atoms with E-state index in [9.17, 15) is 9.90 Å². The third kappa shape index (κ3) is 14.4. The second-order valence-electron chi connectivity index (χ2n) is 15.3. The van der Waals surface area contributed by atoms with Crippen molar-refractivity contribution in [3.63, 3.8) is 0 Å². The van der Waals surface area contributed by atoms with Gasteiger partial charge in [-0.1, -0.05) is 155 Å². The number of thiazole rings is 1. The number of hydrogen-bond acceptors (Lipinski definition) is 6. The van der Waals surface area contributed by atoms with Gasteiger partial charge in [0.1, 0.15) is 5.76 Å². The Morgan fingerprint density at radius 3 is 1.52 bits per heavy atom. The van der Waals surface area contributed by atoms with Crippen molar-refractivity contribution in [1.82, 2.24) is 4.98 Å². The predicted octanol–water partition coefficient (Wildman–Crippen LogP) is 13.4. The standard InChI is InChI=1S/C44H74N4O2S2/c1-7-11-15-19-23-27-31-47(32-28-24-20-16-12-8-2)43-45-35(5)41(51-43)37-39(49)38(40(37)50)42-36(6)46-44(52-42)48(33-29-25-21-17-13-9-3)34-30-26-22-18-14-10-4/h7-34H2,1-6H3/p+1. The molecule has 2 heterocycles. The monoisotopic (exact) mass is 756 g/mol. The molecule has 6 nitrogen and oxygen atoms in total. The number of thioether (sulfide) groups is 1. The highest BCUT2D eigenvalue weighted by molar-refractivity contribution is 8.18. The van der Waals surface area contributed by atoms with Crippen LogP contribution in [0.15, 0.2) is 21.2 Å². The minimum absolute atomic E-state index is 0.0640. The van der Waals surface area contributed by atoms with Gasteiger partial charge in [-0.15, -0.1) is 0 Å². The largest absolute Gasteiger partial charge is 0.506 e. The van der Waals surface area contributed by atoms with Gasteiger partial charge in [0.2, 0.25) is 5.78 Å². The van der Waals surface area contributed by atoms with Crippen molar-refractivity contribution in [2.75, 3.05) is 31.1 Å². The van der Waals surface area contributed by atoms with Gasteiger partial charge in [-0.05, 0) is 50.4 Å². The molecule has 0 saturated carbocycles. The molecule has 1 N–H and O–H groups in total. The molecule has 0 atom stereocenters. The van der Waals surface area contributed by atoms with E-state index in [-0.39, 0.29) is 11.5 Å². The van der Waals surface area contributed by atoms with E-state index in [2.05, 4.69) is 37.2 Å². The fourth-order valence-corrected chi connectivity index (χ4v) is 9.58. The van der Waals surface area contributed by atoms with E-state index in [0.717, 1.165) is 57.7 Å². The summed E-state index contributed by atoms with van der Waals surface area (Å²) in [6, 6.07) is 0. The number of carbonyl (C=O) groups excluding carboxylic acids is 1. The Hall–Kier alpha value is -1.93. The molecule has 0 aromatic carbocycles. The molecule has 1 aliphatic heterocycles. The molecule has 0 bridgehead atoms. The minimum atomic E-state index is -0.0640. The summed E-state index contributed by atoms with van der Waals surface area (Å²) in [4.78, 5) is 28.0. The summed E-state index contributed by atoms with van der Waals surface area (Å²) in [6.45, 7) is 17.1. The van der Waals surface area contributed by atoms with Crippen molar-refractivity contribution in [1.29, 1.82) is 0 Å². The third-order valence-corrected chi connectivity index (χ3v) is 13.1. The number of aromatic nitrogens is 1. The van der Waals surface area contributed by atoms with Gasteiger partial charge < -0.3 is 10.0 Å². The summed E-state index contributed by atoms with van der Waals surface area (Å²) in [7, 11) is 0. The lowest BCUT2D eigenvalue weighted by atomic mass is 9.85. The van der Waals surface area contributed by atoms with Crippen molar-refractivity contribution in [2.45, 2.75) is 196 Å². The van der Waals surface area contributed by atoms with Crippen molar-refractivity contribution in [3.05, 3.63) is 26.8 Å². The highest BCUT2D eigenvalue weighted by atomic mass is 32.2. The number of aliphatic hydroxyl groups is 1. The van der Waals surface area contributed by atoms with Gasteiger partial charge in [0, 0.05) is 31.8 Å². The Labute approximate surface area is 327 Å². The molecule has 52 heavy (non-hydrogen) atoms. The highest BCUT2D eigenvalue weighted by Gasteiger charge is 2.43. The summed E-state index contributed by atoms with van der Waals surface area (Å²) in [5, 5.41) is 13.5. The Balaban J connectivity index is 1.76. The van der Waals surface area contributed by atoms with Crippen molar-refractivity contribution < 1.29 is 14.5 Å². The van der Waals surface area contributed by atoms with Crippen LogP contribution in [0.5, 0.6) is 0 Å². The molecule has 0 fully saturated rings. The maximum Gasteiger partial charge on any atom is 0.359 e. The van der Waals surface area contributed by atoms with Gasteiger partial charge >= 0.3 is 5.17 Å². The van der Waals surface area contributed by atoms with E-state index in [1.807, 2.05) is 13.8 Å². The molecule has 2 aliphatic rings. The van der Waals surface area contributed by atoms with E-state index in [1.165, 1.54) is 154 Å². The van der Waals surface area contributed by atoms with Gasteiger partial charge in [0.25, 0.3) is 0 Å². The number of unbranched alkanes of at least 4 members (excludes halogenated alkanes) is 20. The number of Topliss-reactive ketones (excluding diaryl/α,β-unsaturated/α-hetero) is 1. The molecule has 1 aromatic rings. The number of allylic oxidation sites excluding steroid dienone is 3. The topological polar surface area (TPSA) is 68.8 Å². The van der Waals surface area contributed by atoms with Gasteiger partial charge in [-0.2, -0.15) is 0 Å². The Morgan fingerprint density at radius 1 is 0.615 bits per heavy atom. The SMILES string of the molecule is CCCCCCCCN(CCCCCCCC)c1nc(C)c(C2=C(O)/C(=C3/SC(=[N+](CCCCCCCC)CCCCCCCC)N=C3C)C2=O)s1. The average molecular weight is 756 g/mol. The molecule has 0 radical (unpaired) electrons. The second-order valence-corrected chi connectivity index (χ2v) is 17.2. The molecule has 1 aliphatic carbocycles. The van der Waals surface area contributed by atoms with Crippen LogP contribution in [-0.4, -0.2) is 57.5 Å². The lowest BCUT2D eigenvalue weighted by Crippen LogP contribution is -2.25. The van der Waals surface area contributed by atoms with E-state index < -0.39 is 0 Å². The molecule has 0 unspecified atom stereocenters. The number of amidine groups is 1. The fourth-order valence-electron chi connectivity index (χ4n) is 7.26. The molecular formula is C44H75N4O2S2+. The van der Waals surface area contributed by atoms with Crippen LogP contribution in [-0.2, 0) is 4.79 Å². The van der Waals surface area contributed by atoms with Crippen LogP contribution in [0, 0.1) is 6.92 Å². The first-order valence-corrected chi connectivity index (χ1v) is 23.3. The minimum Gasteiger partial charge on any atom is -0.506 e. The van der Waals surface area contributed by atoms with Crippen LogP contribution in [0.4, 0.5) is 5.13 Å². The average Bonchev–Trinajstić information content (AvgIpc) is 3.70. The lowest BCUT2D eigenvalue weighted by molar-refractivity contribution is -0.527. The third-order valence-electron chi connectivity index (χ3n) is 10.6. The number of ketones is 1. The molecule has 3 rings (SSSR count). The smallest absolute Gasteiger partial charge is 0.359 e. The van der Waals surface area contributed by atoms with E-state index in [1.54, 1.807) is 23.1 Å². The van der Waals surface area contributed by atoms with E-state index >= 15 is 0 Å². The summed E-state index contributed by atoms with van der Waals surface area (Å²) >= 11 is 3.18. The van der Waals surface area contributed by atoms with Crippen LogP contribution in [0.3, 0.4) is 0 Å². The normalized spacial score (nSPS) is 15.9. The van der Waals surface area contributed by atoms with Crippen molar-refractivity contribution in [2.24, 2.45) is 4.99 Å². The molecule has 0 spiro atoms. The van der Waals surface area contributed by atoms with E-state index in [0.29, 0.717) is 11.1 Å². The fraction of sp³-hybridized carbons (Fsp3) is 0.773. The number of carbonyl (C=O) groups is 1. The zero-order chi connectivity index (χ0) is 37.6. The number of aliphatic imine (C=N–C) groups is 1. The zero-order valence-corrected chi connectivity index (χ0v) is 35.9. The maximum absolute atomic E-state index is 13.9. The lowest BCUT2D eigenvalue weighted by Gasteiger charge is -2.23. The highest BCUT2D eigenvalue weighted by Crippen LogP contribution is 2.46. The summed E-state index contributed by atoms with van der Waals surface area (Å²) in [5.41, 5.74) is 2.58. The van der Waals surface area contributed by atoms with Crippen LogP contribution >= 0.6 is 23.1 Å². The molecular weight excluding hydrogens is 681 g/mol. The first-order chi connectivity index (χ1) is 25.4. The maximum atomic E-state index is 13.9. The quantitative estimate of drug-likeness (QED) is 0.0481.